The van der Waals surface area contributed by atoms with Gasteiger partial charge >= 0.3 is 7.55 Å². The average molecular weight is 359 g/mol. The summed E-state index contributed by atoms with van der Waals surface area (Å²) in [5.74, 6) is 0.214. The number of para-hydroxylation sites is 2. The molecule has 0 saturated heterocycles. The smallest absolute Gasteiger partial charge is 0.370 e. The normalized spacial score (nSPS) is 13.5. The second kappa shape index (κ2) is 5.65. The van der Waals surface area contributed by atoms with Crippen molar-refractivity contribution in [2.45, 2.75) is 19.8 Å². The first kappa shape index (κ1) is 15.8. The van der Waals surface area contributed by atoms with Crippen LogP contribution in [0.4, 0.5) is 0 Å². The SMILES string of the molecule is Cc1c2n(c3ccccc13)[B]n1c(c(C)c3ccccc31)C2c1ccccc1. The quantitative estimate of drug-likeness (QED) is 0.337. The van der Waals surface area contributed by atoms with Crippen LogP contribution in [0, 0.1) is 13.8 Å². The second-order valence-corrected chi connectivity index (χ2v) is 7.75. The zero-order valence-corrected chi connectivity index (χ0v) is 16.1. The second-order valence-electron chi connectivity index (χ2n) is 7.75. The molecule has 3 heterocycles. The summed E-state index contributed by atoms with van der Waals surface area (Å²) in [4.78, 5) is 0. The van der Waals surface area contributed by atoms with Crippen LogP contribution in [-0.4, -0.2) is 16.5 Å². The first-order valence-electron chi connectivity index (χ1n) is 9.84. The number of aromatic nitrogens is 2. The lowest BCUT2D eigenvalue weighted by molar-refractivity contribution is 0.806. The third-order valence-electron chi connectivity index (χ3n) is 6.33. The summed E-state index contributed by atoms with van der Waals surface area (Å²) in [7, 11) is 2.29. The van der Waals surface area contributed by atoms with E-state index < -0.39 is 0 Å². The van der Waals surface area contributed by atoms with Gasteiger partial charge in [-0.05, 0) is 42.7 Å². The molecule has 0 fully saturated rings. The highest BCUT2D eigenvalue weighted by molar-refractivity contribution is 6.37. The van der Waals surface area contributed by atoms with E-state index >= 15 is 0 Å². The van der Waals surface area contributed by atoms with Gasteiger partial charge in [-0.2, -0.15) is 0 Å². The Labute approximate surface area is 165 Å². The van der Waals surface area contributed by atoms with E-state index in [9.17, 15) is 0 Å². The summed E-state index contributed by atoms with van der Waals surface area (Å²) < 4.78 is 4.81. The number of rotatable bonds is 1. The largest absolute Gasteiger partial charge is 0.400 e. The Balaban J connectivity index is 1.77. The van der Waals surface area contributed by atoms with E-state index in [4.69, 9.17) is 0 Å². The Morgan fingerprint density at radius 3 is 1.61 bits per heavy atom. The Hall–Kier alpha value is -3.20. The maximum Gasteiger partial charge on any atom is 0.400 e. The van der Waals surface area contributed by atoms with Gasteiger partial charge < -0.3 is 8.96 Å². The zero-order chi connectivity index (χ0) is 18.8. The van der Waals surface area contributed by atoms with Crippen LogP contribution in [0.15, 0.2) is 78.9 Å². The summed E-state index contributed by atoms with van der Waals surface area (Å²) in [5, 5.41) is 2.67. The van der Waals surface area contributed by atoms with Crippen molar-refractivity contribution in [3.05, 3.63) is 107 Å². The minimum absolute atomic E-state index is 0.214. The topological polar surface area (TPSA) is 9.86 Å². The van der Waals surface area contributed by atoms with Gasteiger partial charge in [0.25, 0.3) is 0 Å². The summed E-state index contributed by atoms with van der Waals surface area (Å²) in [5.41, 5.74) is 9.40. The molecule has 2 nitrogen and oxygen atoms in total. The van der Waals surface area contributed by atoms with Gasteiger partial charge in [0.1, 0.15) is 0 Å². The molecule has 0 aliphatic carbocycles. The lowest BCUT2D eigenvalue weighted by Crippen LogP contribution is -2.30. The Morgan fingerprint density at radius 2 is 1.07 bits per heavy atom. The number of nitrogens with zero attached hydrogens (tertiary/aromatic N) is 2. The monoisotopic (exact) mass is 359 g/mol. The van der Waals surface area contributed by atoms with Crippen LogP contribution in [0.3, 0.4) is 0 Å². The van der Waals surface area contributed by atoms with Crippen LogP contribution in [-0.2, 0) is 0 Å². The molecule has 0 atom stereocenters. The molecular formula is C25H20BN2. The molecule has 5 aromatic rings. The van der Waals surface area contributed by atoms with E-state index in [1.54, 1.807) is 0 Å². The van der Waals surface area contributed by atoms with Crippen molar-refractivity contribution in [2.24, 2.45) is 0 Å². The molecule has 3 heteroatoms. The van der Waals surface area contributed by atoms with Gasteiger partial charge in [0.2, 0.25) is 0 Å². The molecule has 0 bridgehead atoms. The number of aryl methyl sites for hydroxylation is 2. The minimum atomic E-state index is 0.214. The molecule has 0 unspecified atom stereocenters. The van der Waals surface area contributed by atoms with Crippen molar-refractivity contribution in [1.29, 1.82) is 0 Å². The summed E-state index contributed by atoms with van der Waals surface area (Å²) in [6.45, 7) is 4.54. The molecule has 0 saturated carbocycles. The number of fused-ring (bicyclic) bond motifs is 6. The molecule has 0 amide bonds. The van der Waals surface area contributed by atoms with Crippen molar-refractivity contribution in [3.8, 4) is 0 Å². The number of hydrogen-bond donors (Lipinski definition) is 0. The molecule has 2 aromatic heterocycles. The number of hydrogen-bond acceptors (Lipinski definition) is 0. The van der Waals surface area contributed by atoms with Gasteiger partial charge in [0.05, 0.1) is 5.92 Å². The maximum absolute atomic E-state index is 2.40. The predicted octanol–water partition coefficient (Wildman–Crippen LogP) is 5.64. The highest BCUT2D eigenvalue weighted by Gasteiger charge is 2.34. The summed E-state index contributed by atoms with van der Waals surface area (Å²) >= 11 is 0. The number of benzene rings is 3. The molecular weight excluding hydrogens is 339 g/mol. The van der Waals surface area contributed by atoms with Gasteiger partial charge in [0, 0.05) is 33.2 Å². The van der Waals surface area contributed by atoms with Gasteiger partial charge in [-0.3, -0.25) is 0 Å². The predicted molar refractivity (Wildman–Crippen MR) is 117 cm³/mol. The van der Waals surface area contributed by atoms with Crippen LogP contribution in [0.2, 0.25) is 0 Å². The van der Waals surface area contributed by atoms with E-state index in [-0.39, 0.29) is 5.92 Å². The van der Waals surface area contributed by atoms with Crippen molar-refractivity contribution >= 4 is 29.4 Å². The average Bonchev–Trinajstić information content (AvgIpc) is 3.20. The first-order valence-corrected chi connectivity index (χ1v) is 9.84. The molecule has 28 heavy (non-hydrogen) atoms. The van der Waals surface area contributed by atoms with E-state index in [0.29, 0.717) is 0 Å². The molecule has 3 aromatic carbocycles. The van der Waals surface area contributed by atoms with E-state index in [1.165, 1.54) is 49.9 Å². The molecule has 6 rings (SSSR count). The fourth-order valence-corrected chi connectivity index (χ4v) is 5.06. The third kappa shape index (κ3) is 1.94. The minimum Gasteiger partial charge on any atom is -0.370 e. The Morgan fingerprint density at radius 1 is 0.607 bits per heavy atom. The zero-order valence-electron chi connectivity index (χ0n) is 16.1. The van der Waals surface area contributed by atoms with E-state index in [0.717, 1.165) is 0 Å². The first-order chi connectivity index (χ1) is 13.8. The Bertz CT molecular complexity index is 1270. The molecule has 0 spiro atoms. The van der Waals surface area contributed by atoms with Crippen LogP contribution < -0.4 is 0 Å². The van der Waals surface area contributed by atoms with Crippen molar-refractivity contribution < 1.29 is 0 Å². The van der Waals surface area contributed by atoms with Crippen LogP contribution in [0.1, 0.15) is 34.0 Å². The molecule has 1 aliphatic heterocycles. The van der Waals surface area contributed by atoms with E-state index in [2.05, 4.69) is 109 Å². The van der Waals surface area contributed by atoms with Crippen molar-refractivity contribution in [2.75, 3.05) is 0 Å². The van der Waals surface area contributed by atoms with Crippen molar-refractivity contribution in [1.82, 2.24) is 8.96 Å². The standard InChI is InChI=1S/C25H20BN2/c1-16-19-12-6-8-14-21(19)27-24(16)23(18-10-4-3-5-11-18)25-17(2)20-13-7-9-15-22(20)28(25)26-27/h3-15,23H,1-2H3. The Kier molecular flexibility index (Phi) is 3.19. The van der Waals surface area contributed by atoms with E-state index in [1.807, 2.05) is 0 Å². The molecule has 0 N–H and O–H groups in total. The summed E-state index contributed by atoms with van der Waals surface area (Å²) in [6, 6.07) is 28.4. The van der Waals surface area contributed by atoms with Gasteiger partial charge in [-0.25, -0.2) is 0 Å². The molecule has 133 valence electrons. The fraction of sp³-hybridized carbons (Fsp3) is 0.120. The molecule has 1 aliphatic rings. The third-order valence-corrected chi connectivity index (χ3v) is 6.33. The van der Waals surface area contributed by atoms with Crippen LogP contribution in [0.5, 0.6) is 0 Å². The molecule has 1 radical (unpaired) electrons. The van der Waals surface area contributed by atoms with Gasteiger partial charge in [-0.1, -0.05) is 66.7 Å². The summed E-state index contributed by atoms with van der Waals surface area (Å²) in [6.07, 6.45) is 0. The van der Waals surface area contributed by atoms with Crippen LogP contribution >= 0.6 is 0 Å². The highest BCUT2D eigenvalue weighted by Crippen LogP contribution is 2.44. The lowest BCUT2D eigenvalue weighted by Gasteiger charge is -2.30. The highest BCUT2D eigenvalue weighted by atomic mass is 15.1. The van der Waals surface area contributed by atoms with Gasteiger partial charge in [-0.15, -0.1) is 0 Å². The lowest BCUT2D eigenvalue weighted by atomic mass is 9.84. The van der Waals surface area contributed by atoms with Crippen molar-refractivity contribution in [3.63, 3.8) is 0 Å². The van der Waals surface area contributed by atoms with Crippen LogP contribution in [0.25, 0.3) is 21.8 Å². The maximum atomic E-state index is 2.40. The van der Waals surface area contributed by atoms with Gasteiger partial charge in [0.15, 0.2) is 0 Å². The fourth-order valence-electron chi connectivity index (χ4n) is 5.06.